The molecule has 2 unspecified atom stereocenters. The van der Waals surface area contributed by atoms with Crippen LogP contribution < -0.4 is 0 Å². The maximum Gasteiger partial charge on any atom is 0.119 e. The molecule has 0 radical (unpaired) electrons. The van der Waals surface area contributed by atoms with Gasteiger partial charge in [0.2, 0.25) is 0 Å². The van der Waals surface area contributed by atoms with Crippen LogP contribution in [0.25, 0.3) is 0 Å². The summed E-state index contributed by atoms with van der Waals surface area (Å²) in [6.45, 7) is 8.89. The first kappa shape index (κ1) is 10.9. The van der Waals surface area contributed by atoms with Gasteiger partial charge in [-0.2, -0.15) is 0 Å². The number of benzene rings is 1. The average Bonchev–Trinajstić information content (AvgIpc) is 2.80. The molecule has 0 heterocycles. The Kier molecular flexibility index (Phi) is 2.02. The lowest BCUT2D eigenvalue weighted by Gasteiger charge is -2.44. The summed E-state index contributed by atoms with van der Waals surface area (Å²) in [5.41, 5.74) is 2.73. The zero-order valence-corrected chi connectivity index (χ0v) is 10.7. The molecule has 1 aromatic carbocycles. The van der Waals surface area contributed by atoms with E-state index in [0.29, 0.717) is 11.7 Å². The molecule has 2 bridgehead atoms. The van der Waals surface area contributed by atoms with Gasteiger partial charge in [0.1, 0.15) is 5.75 Å². The lowest BCUT2D eigenvalue weighted by Crippen LogP contribution is -2.38. The molecular weight excluding hydrogens is 208 g/mol. The monoisotopic (exact) mass is 228 g/mol. The van der Waals surface area contributed by atoms with Crippen LogP contribution in [0.5, 0.6) is 5.75 Å². The Morgan fingerprint density at radius 2 is 2.00 bits per heavy atom. The SMILES string of the molecule is C=C1C2CCC(c3ccccc3O)(C2)C1(C)C. The predicted octanol–water partition coefficient (Wildman–Crippen LogP) is 4.03. The van der Waals surface area contributed by atoms with E-state index in [2.05, 4.69) is 26.5 Å². The summed E-state index contributed by atoms with van der Waals surface area (Å²) in [6, 6.07) is 7.85. The lowest BCUT2D eigenvalue weighted by atomic mass is 9.60. The first-order chi connectivity index (χ1) is 7.99. The molecule has 2 aliphatic carbocycles. The summed E-state index contributed by atoms with van der Waals surface area (Å²) < 4.78 is 0. The van der Waals surface area contributed by atoms with Crippen molar-refractivity contribution in [1.82, 2.24) is 0 Å². The number of rotatable bonds is 1. The van der Waals surface area contributed by atoms with Crippen molar-refractivity contribution < 1.29 is 5.11 Å². The quantitative estimate of drug-likeness (QED) is 0.720. The highest BCUT2D eigenvalue weighted by Crippen LogP contribution is 2.67. The first-order valence-electron chi connectivity index (χ1n) is 6.47. The van der Waals surface area contributed by atoms with Gasteiger partial charge < -0.3 is 5.11 Å². The van der Waals surface area contributed by atoms with Crippen LogP contribution in [0.15, 0.2) is 36.4 Å². The van der Waals surface area contributed by atoms with Crippen LogP contribution in [0.4, 0.5) is 0 Å². The van der Waals surface area contributed by atoms with Crippen molar-refractivity contribution in [1.29, 1.82) is 0 Å². The molecule has 1 heteroatoms. The van der Waals surface area contributed by atoms with Gasteiger partial charge in [0, 0.05) is 11.0 Å². The molecule has 1 aromatic rings. The number of fused-ring (bicyclic) bond motifs is 2. The van der Waals surface area contributed by atoms with Crippen molar-refractivity contribution in [3.63, 3.8) is 0 Å². The van der Waals surface area contributed by atoms with Crippen LogP contribution in [0.2, 0.25) is 0 Å². The summed E-state index contributed by atoms with van der Waals surface area (Å²) >= 11 is 0. The highest BCUT2D eigenvalue weighted by Gasteiger charge is 2.60. The average molecular weight is 228 g/mol. The van der Waals surface area contributed by atoms with Gasteiger partial charge in [-0.05, 0) is 36.7 Å². The second-order valence-corrected chi connectivity index (χ2v) is 6.19. The fourth-order valence-corrected chi connectivity index (χ4v) is 4.19. The minimum Gasteiger partial charge on any atom is -0.508 e. The third kappa shape index (κ3) is 1.15. The number of para-hydroxylation sites is 1. The Labute approximate surface area is 103 Å². The first-order valence-corrected chi connectivity index (χ1v) is 6.47. The van der Waals surface area contributed by atoms with Gasteiger partial charge in [-0.15, -0.1) is 0 Å². The second kappa shape index (κ2) is 3.16. The summed E-state index contributed by atoms with van der Waals surface area (Å²) in [5, 5.41) is 10.2. The summed E-state index contributed by atoms with van der Waals surface area (Å²) in [6.07, 6.45) is 3.58. The van der Waals surface area contributed by atoms with Crippen LogP contribution in [-0.4, -0.2) is 5.11 Å². The zero-order valence-electron chi connectivity index (χ0n) is 10.7. The number of aromatic hydroxyl groups is 1. The lowest BCUT2D eigenvalue weighted by molar-refractivity contribution is 0.223. The van der Waals surface area contributed by atoms with Crippen molar-refractivity contribution in [2.24, 2.45) is 11.3 Å². The van der Waals surface area contributed by atoms with Crippen molar-refractivity contribution in [3.05, 3.63) is 42.0 Å². The third-order valence-corrected chi connectivity index (χ3v) is 5.43. The molecule has 0 spiro atoms. The number of phenolic OH excluding ortho intramolecular Hbond substituents is 1. The molecule has 0 amide bonds. The molecule has 1 nitrogen and oxygen atoms in total. The van der Waals surface area contributed by atoms with E-state index in [9.17, 15) is 5.11 Å². The molecule has 2 aliphatic rings. The van der Waals surface area contributed by atoms with E-state index in [4.69, 9.17) is 0 Å². The van der Waals surface area contributed by atoms with Gasteiger partial charge in [0.05, 0.1) is 0 Å². The molecule has 90 valence electrons. The molecule has 2 atom stereocenters. The maximum absolute atomic E-state index is 10.2. The van der Waals surface area contributed by atoms with Gasteiger partial charge in [-0.25, -0.2) is 0 Å². The smallest absolute Gasteiger partial charge is 0.119 e. The molecule has 0 aromatic heterocycles. The minimum atomic E-state index is 0.106. The topological polar surface area (TPSA) is 20.2 Å². The van der Waals surface area contributed by atoms with E-state index >= 15 is 0 Å². The highest BCUT2D eigenvalue weighted by molar-refractivity contribution is 5.47. The van der Waals surface area contributed by atoms with E-state index < -0.39 is 0 Å². The number of hydrogen-bond acceptors (Lipinski definition) is 1. The Hall–Kier alpha value is -1.24. The van der Waals surface area contributed by atoms with Gasteiger partial charge in [0.25, 0.3) is 0 Å². The van der Waals surface area contributed by atoms with Crippen molar-refractivity contribution in [2.75, 3.05) is 0 Å². The normalized spacial score (nSPS) is 34.2. The van der Waals surface area contributed by atoms with E-state index in [1.54, 1.807) is 0 Å². The van der Waals surface area contributed by atoms with Crippen LogP contribution in [0.3, 0.4) is 0 Å². The number of phenols is 1. The highest BCUT2D eigenvalue weighted by atomic mass is 16.3. The van der Waals surface area contributed by atoms with Gasteiger partial charge in [-0.3, -0.25) is 0 Å². The van der Waals surface area contributed by atoms with Crippen LogP contribution >= 0.6 is 0 Å². The Morgan fingerprint density at radius 3 is 2.59 bits per heavy atom. The fourth-order valence-electron chi connectivity index (χ4n) is 4.19. The van der Waals surface area contributed by atoms with E-state index in [-0.39, 0.29) is 10.8 Å². The van der Waals surface area contributed by atoms with Crippen LogP contribution in [0.1, 0.15) is 38.7 Å². The Balaban J connectivity index is 2.20. The molecular formula is C16H20O. The van der Waals surface area contributed by atoms with E-state index in [0.717, 1.165) is 12.0 Å². The minimum absolute atomic E-state index is 0.106. The van der Waals surface area contributed by atoms with Gasteiger partial charge in [-0.1, -0.05) is 44.2 Å². The predicted molar refractivity (Wildman–Crippen MR) is 70.0 cm³/mol. The van der Waals surface area contributed by atoms with Crippen molar-refractivity contribution in [3.8, 4) is 5.75 Å². The molecule has 3 rings (SSSR count). The largest absolute Gasteiger partial charge is 0.508 e. The molecule has 0 aliphatic heterocycles. The zero-order chi connectivity index (χ0) is 12.3. The summed E-state index contributed by atoms with van der Waals surface area (Å²) in [5.74, 6) is 1.11. The van der Waals surface area contributed by atoms with E-state index in [1.807, 2.05) is 18.2 Å². The van der Waals surface area contributed by atoms with E-state index in [1.165, 1.54) is 18.4 Å². The van der Waals surface area contributed by atoms with Crippen LogP contribution in [0, 0.1) is 11.3 Å². The molecule has 0 saturated heterocycles. The van der Waals surface area contributed by atoms with Crippen molar-refractivity contribution in [2.45, 2.75) is 38.5 Å². The number of hydrogen-bond donors (Lipinski definition) is 1. The fraction of sp³-hybridized carbons (Fsp3) is 0.500. The molecule has 2 fully saturated rings. The molecule has 1 N–H and O–H groups in total. The number of allylic oxidation sites excluding steroid dienone is 1. The summed E-state index contributed by atoms with van der Waals surface area (Å²) in [4.78, 5) is 0. The Morgan fingerprint density at radius 1 is 1.29 bits per heavy atom. The van der Waals surface area contributed by atoms with Gasteiger partial charge in [0.15, 0.2) is 0 Å². The van der Waals surface area contributed by atoms with Crippen molar-refractivity contribution >= 4 is 0 Å². The van der Waals surface area contributed by atoms with Crippen LogP contribution in [-0.2, 0) is 5.41 Å². The molecule has 17 heavy (non-hydrogen) atoms. The standard InChI is InChI=1S/C16H20O/c1-11-12-8-9-16(10-12,15(11,2)3)13-6-4-5-7-14(13)17/h4-7,12,17H,1,8-10H2,2-3H3. The maximum atomic E-state index is 10.2. The Bertz CT molecular complexity index is 486. The van der Waals surface area contributed by atoms with Gasteiger partial charge >= 0.3 is 0 Å². The second-order valence-electron chi connectivity index (χ2n) is 6.19. The third-order valence-electron chi connectivity index (χ3n) is 5.43. The summed E-state index contributed by atoms with van der Waals surface area (Å²) in [7, 11) is 0. The molecule has 2 saturated carbocycles.